The fraction of sp³-hybridized carbons (Fsp3) is 0.154. The molecule has 1 aliphatic rings. The fourth-order valence-corrected chi connectivity index (χ4v) is 2.87. The minimum atomic E-state index is -4.34. The first-order valence-electron chi connectivity index (χ1n) is 5.94. The van der Waals surface area contributed by atoms with Crippen molar-refractivity contribution in [1.82, 2.24) is 4.98 Å². The van der Waals surface area contributed by atoms with Crippen molar-refractivity contribution in [2.75, 3.05) is 0 Å². The van der Waals surface area contributed by atoms with Crippen molar-refractivity contribution in [1.29, 1.82) is 0 Å². The summed E-state index contributed by atoms with van der Waals surface area (Å²) in [5, 5.41) is 3.62. The molecule has 21 heavy (non-hydrogen) atoms. The van der Waals surface area contributed by atoms with Gasteiger partial charge in [-0.15, -0.1) is 0 Å². The van der Waals surface area contributed by atoms with E-state index in [0.717, 1.165) is 0 Å². The van der Waals surface area contributed by atoms with Crippen LogP contribution < -0.4 is 5.84 Å². The number of hydrogen-bond acceptors (Lipinski definition) is 6. The van der Waals surface area contributed by atoms with Crippen molar-refractivity contribution in [3.05, 3.63) is 52.2 Å². The summed E-state index contributed by atoms with van der Waals surface area (Å²) < 4.78 is 31.7. The largest absolute Gasteiger partial charge is 0.323 e. The van der Waals surface area contributed by atoms with Crippen LogP contribution in [0.4, 0.5) is 0 Å². The van der Waals surface area contributed by atoms with Gasteiger partial charge in [0.25, 0.3) is 10.1 Å². The Bertz CT molecular complexity index is 761. The van der Waals surface area contributed by atoms with E-state index in [1.54, 1.807) is 12.1 Å². The van der Waals surface area contributed by atoms with Crippen molar-refractivity contribution in [3.8, 4) is 0 Å². The van der Waals surface area contributed by atoms with E-state index < -0.39 is 16.0 Å². The van der Waals surface area contributed by atoms with E-state index in [1.165, 1.54) is 25.3 Å². The summed E-state index contributed by atoms with van der Waals surface area (Å²) >= 11 is 0. The molecule has 8 heteroatoms. The molecule has 0 aliphatic heterocycles. The third kappa shape index (κ3) is 2.91. The summed E-state index contributed by atoms with van der Waals surface area (Å²) in [7, 11) is -4.34. The maximum absolute atomic E-state index is 11.3. The molecular weight excluding hydrogens is 294 g/mol. The molecular formula is C13H13N3O4S. The summed E-state index contributed by atoms with van der Waals surface area (Å²) in [6.45, 7) is 1.51. The van der Waals surface area contributed by atoms with E-state index in [0.29, 0.717) is 17.5 Å². The lowest BCUT2D eigenvalue weighted by Gasteiger charge is -2.20. The van der Waals surface area contributed by atoms with E-state index in [-0.39, 0.29) is 16.2 Å². The van der Waals surface area contributed by atoms with Crippen LogP contribution in [-0.2, 0) is 10.1 Å². The molecule has 1 atom stereocenters. The smallest absolute Gasteiger partial charge is 0.294 e. The highest BCUT2D eigenvalue weighted by Crippen LogP contribution is 2.30. The van der Waals surface area contributed by atoms with Crippen LogP contribution in [-0.4, -0.2) is 30.0 Å². The average Bonchev–Trinajstić information content (AvgIpc) is 2.45. The van der Waals surface area contributed by atoms with Crippen LogP contribution in [0, 0.1) is 0 Å². The Hall–Kier alpha value is -2.32. The highest BCUT2D eigenvalue weighted by molar-refractivity contribution is 7.90. The summed E-state index contributed by atoms with van der Waals surface area (Å²) in [5.41, 5.74) is 1.54. The monoisotopic (exact) mass is 307 g/mol. The van der Waals surface area contributed by atoms with Crippen LogP contribution in [0.3, 0.4) is 0 Å². The second kappa shape index (κ2) is 5.58. The van der Waals surface area contributed by atoms with Gasteiger partial charge in [0.2, 0.25) is 0 Å². The van der Waals surface area contributed by atoms with Gasteiger partial charge >= 0.3 is 0 Å². The molecule has 0 radical (unpaired) electrons. The van der Waals surface area contributed by atoms with E-state index in [2.05, 4.69) is 10.1 Å². The van der Waals surface area contributed by atoms with Gasteiger partial charge in [-0.1, -0.05) is 6.08 Å². The molecule has 0 amide bonds. The third-order valence-electron chi connectivity index (χ3n) is 3.17. The van der Waals surface area contributed by atoms with E-state index in [4.69, 9.17) is 10.4 Å². The van der Waals surface area contributed by atoms with Gasteiger partial charge in [-0.2, -0.15) is 13.5 Å². The molecule has 1 aromatic heterocycles. The predicted molar refractivity (Wildman–Crippen MR) is 77.4 cm³/mol. The average molecular weight is 307 g/mol. The second-order valence-corrected chi connectivity index (χ2v) is 5.84. The number of hydrogen-bond donors (Lipinski definition) is 2. The SMILES string of the molecule is CC1=C(S(=O)(=O)O)C=CC(c2ccc(C=O)cn2)C1=NN. The van der Waals surface area contributed by atoms with Crippen LogP contribution in [0.15, 0.2) is 46.1 Å². The summed E-state index contributed by atoms with van der Waals surface area (Å²) in [6, 6.07) is 3.23. The van der Waals surface area contributed by atoms with Gasteiger partial charge in [-0.25, -0.2) is 0 Å². The Balaban J connectivity index is 2.48. The summed E-state index contributed by atoms with van der Waals surface area (Å²) in [5.74, 6) is 4.90. The maximum atomic E-state index is 11.3. The van der Waals surface area contributed by atoms with Gasteiger partial charge < -0.3 is 5.84 Å². The number of aromatic nitrogens is 1. The van der Waals surface area contributed by atoms with Crippen molar-refractivity contribution in [2.24, 2.45) is 10.9 Å². The number of pyridine rings is 1. The van der Waals surface area contributed by atoms with Crippen molar-refractivity contribution >= 4 is 22.1 Å². The van der Waals surface area contributed by atoms with Gasteiger partial charge in [-0.05, 0) is 30.7 Å². The number of carbonyl (C=O) groups is 1. The number of nitrogens with zero attached hydrogens (tertiary/aromatic N) is 2. The first kappa shape index (κ1) is 15.1. The number of allylic oxidation sites excluding steroid dienone is 3. The number of aldehydes is 1. The highest BCUT2D eigenvalue weighted by Gasteiger charge is 2.28. The van der Waals surface area contributed by atoms with Crippen LogP contribution in [0.1, 0.15) is 28.9 Å². The highest BCUT2D eigenvalue weighted by atomic mass is 32.2. The van der Waals surface area contributed by atoms with Gasteiger partial charge in [-0.3, -0.25) is 14.3 Å². The molecule has 1 aliphatic carbocycles. The molecule has 7 nitrogen and oxygen atoms in total. The molecule has 0 spiro atoms. The molecule has 0 fully saturated rings. The number of carbonyl (C=O) groups excluding carboxylic acids is 1. The third-order valence-corrected chi connectivity index (χ3v) is 4.17. The van der Waals surface area contributed by atoms with Gasteiger partial charge in [0.15, 0.2) is 6.29 Å². The molecule has 0 saturated carbocycles. The topological polar surface area (TPSA) is 123 Å². The van der Waals surface area contributed by atoms with Crippen molar-refractivity contribution < 1.29 is 17.8 Å². The number of hydrazone groups is 1. The molecule has 0 saturated heterocycles. The van der Waals surface area contributed by atoms with Crippen molar-refractivity contribution in [3.63, 3.8) is 0 Å². The zero-order chi connectivity index (χ0) is 15.6. The van der Waals surface area contributed by atoms with Crippen LogP contribution in [0.25, 0.3) is 0 Å². The Morgan fingerprint density at radius 1 is 1.43 bits per heavy atom. The number of nitrogens with two attached hydrogens (primary N) is 1. The van der Waals surface area contributed by atoms with Gasteiger partial charge in [0, 0.05) is 11.8 Å². The molecule has 0 aromatic carbocycles. The molecule has 3 N–H and O–H groups in total. The summed E-state index contributed by atoms with van der Waals surface area (Å²) in [4.78, 5) is 14.5. The lowest BCUT2D eigenvalue weighted by molar-refractivity contribution is 0.112. The zero-order valence-corrected chi connectivity index (χ0v) is 11.9. The van der Waals surface area contributed by atoms with E-state index >= 15 is 0 Å². The molecule has 1 unspecified atom stereocenters. The Morgan fingerprint density at radius 2 is 2.14 bits per heavy atom. The molecule has 1 heterocycles. The molecule has 1 aromatic rings. The molecule has 0 bridgehead atoms. The van der Waals surface area contributed by atoms with E-state index in [9.17, 15) is 13.2 Å². The molecule has 110 valence electrons. The quantitative estimate of drug-likeness (QED) is 0.372. The zero-order valence-electron chi connectivity index (χ0n) is 11.1. The van der Waals surface area contributed by atoms with Crippen LogP contribution in [0.5, 0.6) is 0 Å². The minimum absolute atomic E-state index is 0.243. The Kier molecular flexibility index (Phi) is 4.01. The maximum Gasteiger partial charge on any atom is 0.294 e. The van der Waals surface area contributed by atoms with Crippen molar-refractivity contribution in [2.45, 2.75) is 12.8 Å². The number of rotatable bonds is 3. The fourth-order valence-electron chi connectivity index (χ4n) is 2.12. The first-order chi connectivity index (χ1) is 9.88. The van der Waals surface area contributed by atoms with E-state index in [1.807, 2.05) is 0 Å². The van der Waals surface area contributed by atoms with Gasteiger partial charge in [0.05, 0.1) is 22.2 Å². The van der Waals surface area contributed by atoms with Crippen LogP contribution in [0.2, 0.25) is 0 Å². The second-order valence-electron chi connectivity index (χ2n) is 4.45. The minimum Gasteiger partial charge on any atom is -0.323 e. The van der Waals surface area contributed by atoms with Crippen LogP contribution >= 0.6 is 0 Å². The Labute approximate surface area is 121 Å². The lowest BCUT2D eigenvalue weighted by Crippen LogP contribution is -2.21. The van der Waals surface area contributed by atoms with Gasteiger partial charge in [0.1, 0.15) is 0 Å². The summed E-state index contributed by atoms with van der Waals surface area (Å²) in [6.07, 6.45) is 4.90. The predicted octanol–water partition coefficient (Wildman–Crippen LogP) is 1.02. The lowest BCUT2D eigenvalue weighted by atomic mass is 9.89. The first-order valence-corrected chi connectivity index (χ1v) is 7.38. The molecule has 2 rings (SSSR count). The normalized spacial score (nSPS) is 20.9. The standard InChI is InChI=1S/C13H13N3O4S/c1-8-12(21(18,19)20)5-3-10(13(8)16-14)11-4-2-9(7-17)6-15-11/h2-7,10H,14H2,1H3,(H,18,19,20). The Morgan fingerprint density at radius 3 is 2.62 bits per heavy atom.